The molecule has 2 aromatic carbocycles. The van der Waals surface area contributed by atoms with Gasteiger partial charge in [-0.1, -0.05) is 24.3 Å². The molecule has 8 heteroatoms. The van der Waals surface area contributed by atoms with Gasteiger partial charge >= 0.3 is 0 Å². The molecule has 1 atom stereocenters. The van der Waals surface area contributed by atoms with Crippen molar-refractivity contribution in [2.24, 2.45) is 5.92 Å². The van der Waals surface area contributed by atoms with E-state index >= 15 is 0 Å². The number of amides is 1. The largest absolute Gasteiger partial charge is 0.493 e. The molecule has 0 fully saturated rings. The third kappa shape index (κ3) is 4.22. The monoisotopic (exact) mass is 365 g/mol. The molecule has 0 radical (unpaired) electrons. The van der Waals surface area contributed by atoms with E-state index in [4.69, 9.17) is 9.47 Å². The van der Waals surface area contributed by atoms with Crippen LogP contribution < -0.4 is 14.8 Å². The predicted molar refractivity (Wildman–Crippen MR) is 96.8 cm³/mol. The molecule has 4 rings (SSSR count). The van der Waals surface area contributed by atoms with Gasteiger partial charge in [0.15, 0.2) is 6.61 Å². The SMILES string of the molecule is O=C(COc1cccc(-n2cnnn2)c1)NC[C@@H]1COc2ccccc2C1. The summed E-state index contributed by atoms with van der Waals surface area (Å²) in [5.74, 6) is 1.60. The number of fused-ring (bicyclic) bond motifs is 1. The van der Waals surface area contributed by atoms with E-state index in [2.05, 4.69) is 26.9 Å². The maximum atomic E-state index is 12.1. The van der Waals surface area contributed by atoms with Crippen LogP contribution in [0.15, 0.2) is 54.9 Å². The fraction of sp³-hybridized carbons (Fsp3) is 0.263. The lowest BCUT2D eigenvalue weighted by Gasteiger charge is -2.25. The first-order valence-corrected chi connectivity index (χ1v) is 8.71. The number of benzene rings is 2. The van der Waals surface area contributed by atoms with Crippen molar-refractivity contribution in [3.05, 3.63) is 60.4 Å². The average molecular weight is 365 g/mol. The van der Waals surface area contributed by atoms with Gasteiger partial charge in [0, 0.05) is 18.5 Å². The van der Waals surface area contributed by atoms with Crippen LogP contribution in [-0.4, -0.2) is 45.9 Å². The van der Waals surface area contributed by atoms with E-state index in [1.165, 1.54) is 16.6 Å². The molecule has 0 bridgehead atoms. The van der Waals surface area contributed by atoms with Crippen molar-refractivity contribution in [2.75, 3.05) is 19.8 Å². The summed E-state index contributed by atoms with van der Waals surface area (Å²) in [5.41, 5.74) is 1.94. The highest BCUT2D eigenvalue weighted by Crippen LogP contribution is 2.26. The van der Waals surface area contributed by atoms with Crippen LogP contribution in [0, 0.1) is 5.92 Å². The average Bonchev–Trinajstić information content (AvgIpc) is 3.26. The Balaban J connectivity index is 1.25. The minimum Gasteiger partial charge on any atom is -0.493 e. The molecule has 1 amide bonds. The Morgan fingerprint density at radius 1 is 1.26 bits per heavy atom. The van der Waals surface area contributed by atoms with Gasteiger partial charge in [0.25, 0.3) is 5.91 Å². The Morgan fingerprint density at radius 3 is 3.07 bits per heavy atom. The second kappa shape index (κ2) is 7.86. The summed E-state index contributed by atoms with van der Waals surface area (Å²) in [6.45, 7) is 1.11. The molecule has 27 heavy (non-hydrogen) atoms. The number of para-hydroxylation sites is 1. The maximum Gasteiger partial charge on any atom is 0.257 e. The number of nitrogens with one attached hydrogen (secondary N) is 1. The number of nitrogens with zero attached hydrogens (tertiary/aromatic N) is 4. The summed E-state index contributed by atoms with van der Waals surface area (Å²) in [6, 6.07) is 15.2. The number of hydrogen-bond donors (Lipinski definition) is 1. The van der Waals surface area contributed by atoms with Gasteiger partial charge in [-0.25, -0.2) is 4.68 Å². The van der Waals surface area contributed by atoms with Crippen LogP contribution in [0.4, 0.5) is 0 Å². The van der Waals surface area contributed by atoms with E-state index in [1.54, 1.807) is 12.1 Å². The molecule has 8 nitrogen and oxygen atoms in total. The van der Waals surface area contributed by atoms with Crippen LogP contribution in [0.25, 0.3) is 5.69 Å². The Bertz CT molecular complexity index is 913. The molecule has 1 aromatic heterocycles. The zero-order valence-corrected chi connectivity index (χ0v) is 14.6. The van der Waals surface area contributed by atoms with Gasteiger partial charge in [0.2, 0.25) is 0 Å². The van der Waals surface area contributed by atoms with E-state index < -0.39 is 0 Å². The molecule has 1 aliphatic rings. The third-order valence-corrected chi connectivity index (χ3v) is 4.34. The highest BCUT2D eigenvalue weighted by atomic mass is 16.5. The lowest BCUT2D eigenvalue weighted by molar-refractivity contribution is -0.123. The van der Waals surface area contributed by atoms with Crippen molar-refractivity contribution in [1.82, 2.24) is 25.5 Å². The van der Waals surface area contributed by atoms with E-state index in [0.29, 0.717) is 18.9 Å². The number of rotatable bonds is 6. The van der Waals surface area contributed by atoms with Crippen LogP contribution >= 0.6 is 0 Å². The predicted octanol–water partition coefficient (Wildman–Crippen LogP) is 1.41. The smallest absolute Gasteiger partial charge is 0.257 e. The molecule has 3 aromatic rings. The number of carbonyl (C=O) groups excluding carboxylic acids is 1. The first-order valence-electron chi connectivity index (χ1n) is 8.71. The third-order valence-electron chi connectivity index (χ3n) is 4.34. The molecular weight excluding hydrogens is 346 g/mol. The van der Waals surface area contributed by atoms with Gasteiger partial charge < -0.3 is 14.8 Å². The number of tetrazole rings is 1. The first-order chi connectivity index (χ1) is 13.3. The summed E-state index contributed by atoms with van der Waals surface area (Å²) < 4.78 is 12.8. The van der Waals surface area contributed by atoms with Gasteiger partial charge in [0.05, 0.1) is 12.3 Å². The molecule has 0 aliphatic carbocycles. The van der Waals surface area contributed by atoms with E-state index in [-0.39, 0.29) is 18.4 Å². The molecule has 138 valence electrons. The molecule has 2 heterocycles. The minimum atomic E-state index is -0.165. The molecule has 0 unspecified atom stereocenters. The van der Waals surface area contributed by atoms with E-state index in [9.17, 15) is 4.79 Å². The van der Waals surface area contributed by atoms with Crippen molar-refractivity contribution < 1.29 is 14.3 Å². The van der Waals surface area contributed by atoms with Crippen LogP contribution in [0.1, 0.15) is 5.56 Å². The standard InChI is InChI=1S/C19H19N5O3/c25-19(20-10-14-8-15-4-1-2-7-18(15)27-11-14)12-26-17-6-3-5-16(9-17)24-13-21-22-23-24/h1-7,9,13-14H,8,10-12H2,(H,20,25)/t14-/m1/s1. The zero-order valence-electron chi connectivity index (χ0n) is 14.6. The zero-order chi connectivity index (χ0) is 18.5. The van der Waals surface area contributed by atoms with Crippen LogP contribution in [-0.2, 0) is 11.2 Å². The highest BCUT2D eigenvalue weighted by Gasteiger charge is 2.20. The van der Waals surface area contributed by atoms with Crippen molar-refractivity contribution in [3.63, 3.8) is 0 Å². The highest BCUT2D eigenvalue weighted by molar-refractivity contribution is 5.77. The lowest BCUT2D eigenvalue weighted by atomic mass is 9.97. The van der Waals surface area contributed by atoms with Crippen molar-refractivity contribution in [1.29, 1.82) is 0 Å². The van der Waals surface area contributed by atoms with Crippen molar-refractivity contribution in [3.8, 4) is 17.2 Å². The van der Waals surface area contributed by atoms with Gasteiger partial charge in [-0.2, -0.15) is 0 Å². The lowest BCUT2D eigenvalue weighted by Crippen LogP contribution is -2.37. The summed E-state index contributed by atoms with van der Waals surface area (Å²) >= 11 is 0. The second-order valence-corrected chi connectivity index (χ2v) is 6.33. The number of ether oxygens (including phenoxy) is 2. The van der Waals surface area contributed by atoms with Crippen LogP contribution in [0.2, 0.25) is 0 Å². The maximum absolute atomic E-state index is 12.1. The van der Waals surface area contributed by atoms with Gasteiger partial charge in [-0.05, 0) is 40.6 Å². The summed E-state index contributed by atoms with van der Waals surface area (Å²) in [7, 11) is 0. The van der Waals surface area contributed by atoms with E-state index in [0.717, 1.165) is 17.9 Å². The topological polar surface area (TPSA) is 91.2 Å². The molecule has 0 spiro atoms. The number of carbonyl (C=O) groups is 1. The van der Waals surface area contributed by atoms with Gasteiger partial charge in [-0.15, -0.1) is 5.10 Å². The quantitative estimate of drug-likeness (QED) is 0.710. The van der Waals surface area contributed by atoms with Gasteiger partial charge in [-0.3, -0.25) is 4.79 Å². The van der Waals surface area contributed by atoms with E-state index in [1.807, 2.05) is 30.3 Å². The van der Waals surface area contributed by atoms with Crippen molar-refractivity contribution in [2.45, 2.75) is 6.42 Å². The molecule has 0 saturated heterocycles. The molecular formula is C19H19N5O3. The number of aromatic nitrogens is 4. The summed E-state index contributed by atoms with van der Waals surface area (Å²) in [6.07, 6.45) is 2.39. The van der Waals surface area contributed by atoms with Crippen LogP contribution in [0.3, 0.4) is 0 Å². The Kier molecular flexibility index (Phi) is 4.95. The fourth-order valence-corrected chi connectivity index (χ4v) is 2.98. The van der Waals surface area contributed by atoms with Gasteiger partial charge in [0.1, 0.15) is 17.8 Å². The second-order valence-electron chi connectivity index (χ2n) is 6.33. The van der Waals surface area contributed by atoms with Crippen molar-refractivity contribution >= 4 is 5.91 Å². The summed E-state index contributed by atoms with van der Waals surface area (Å²) in [4.78, 5) is 12.1. The first kappa shape index (κ1) is 17.0. The normalized spacial score (nSPS) is 15.5. The Hall–Kier alpha value is -3.42. The Labute approximate surface area is 156 Å². The molecule has 1 aliphatic heterocycles. The molecule has 1 N–H and O–H groups in total. The Morgan fingerprint density at radius 2 is 2.19 bits per heavy atom. The summed E-state index contributed by atoms with van der Waals surface area (Å²) in [5, 5.41) is 13.9. The fourth-order valence-electron chi connectivity index (χ4n) is 2.98. The number of hydrogen-bond acceptors (Lipinski definition) is 6. The van der Waals surface area contributed by atoms with Crippen LogP contribution in [0.5, 0.6) is 11.5 Å². The molecule has 0 saturated carbocycles. The minimum absolute atomic E-state index is 0.0524.